The Morgan fingerprint density at radius 2 is 1.40 bits per heavy atom. The lowest BCUT2D eigenvalue weighted by Crippen LogP contribution is -2.16. The number of para-hydroxylation sites is 2. The Morgan fingerprint density at radius 1 is 0.850 bits per heavy atom. The SMILES string of the molecule is C=C/C=C(Sc1c(Cc2c(Sc3ccccc3F)c3ccccc3oc2=O)c(=O)oc2ccccc12)\C(F)=C/C. The molecule has 0 aliphatic carbocycles. The number of hydrogen-bond acceptors (Lipinski definition) is 6. The average Bonchev–Trinajstić information content (AvgIpc) is 2.96. The van der Waals surface area contributed by atoms with E-state index in [0.717, 1.165) is 23.5 Å². The van der Waals surface area contributed by atoms with Crippen molar-refractivity contribution in [1.82, 2.24) is 0 Å². The van der Waals surface area contributed by atoms with Crippen LogP contribution in [0.15, 0.2) is 141 Å². The van der Waals surface area contributed by atoms with Crippen molar-refractivity contribution in [3.63, 3.8) is 0 Å². The molecule has 0 saturated carbocycles. The molecular weight excluding hydrogens is 550 g/mol. The van der Waals surface area contributed by atoms with E-state index in [1.54, 1.807) is 73.7 Å². The predicted molar refractivity (Wildman–Crippen MR) is 157 cm³/mol. The summed E-state index contributed by atoms with van der Waals surface area (Å²) in [7, 11) is 0. The van der Waals surface area contributed by atoms with E-state index < -0.39 is 22.9 Å². The lowest BCUT2D eigenvalue weighted by molar-refractivity contribution is 0.536. The van der Waals surface area contributed by atoms with Crippen LogP contribution in [-0.4, -0.2) is 0 Å². The second kappa shape index (κ2) is 11.9. The van der Waals surface area contributed by atoms with E-state index in [1.165, 1.54) is 24.3 Å². The van der Waals surface area contributed by atoms with Crippen molar-refractivity contribution in [2.24, 2.45) is 0 Å². The standard InChI is InChI=1S/C32H22F2O4S2/c1-3-11-27(23(33)4-2)39-29-19-12-5-8-15-25(19)37-31(35)21(29)18-22-30(40-28-17-10-7-14-24(28)34)20-13-6-9-16-26(20)38-32(22)36/h3-17H,1,18H2,2H3/b23-4+,27-11+. The van der Waals surface area contributed by atoms with E-state index in [9.17, 15) is 18.4 Å². The largest absolute Gasteiger partial charge is 0.422 e. The van der Waals surface area contributed by atoms with Gasteiger partial charge in [0.25, 0.3) is 0 Å². The number of hydrogen-bond donors (Lipinski definition) is 0. The number of allylic oxidation sites excluding steroid dienone is 4. The van der Waals surface area contributed by atoms with Gasteiger partial charge >= 0.3 is 11.3 Å². The third kappa shape index (κ3) is 5.46. The van der Waals surface area contributed by atoms with Crippen LogP contribution in [0.25, 0.3) is 21.9 Å². The highest BCUT2D eigenvalue weighted by molar-refractivity contribution is 8.03. The van der Waals surface area contributed by atoms with Gasteiger partial charge in [0.1, 0.15) is 22.8 Å². The quantitative estimate of drug-likeness (QED) is 0.105. The third-order valence-electron chi connectivity index (χ3n) is 6.08. The van der Waals surface area contributed by atoms with Crippen LogP contribution in [-0.2, 0) is 6.42 Å². The summed E-state index contributed by atoms with van der Waals surface area (Å²) in [6.45, 7) is 5.24. The Labute approximate surface area is 236 Å². The Balaban J connectivity index is 1.76. The van der Waals surface area contributed by atoms with Crippen molar-refractivity contribution < 1.29 is 17.6 Å². The molecule has 0 N–H and O–H groups in total. The number of rotatable bonds is 8. The van der Waals surface area contributed by atoms with Crippen LogP contribution in [0.2, 0.25) is 0 Å². The van der Waals surface area contributed by atoms with Crippen molar-refractivity contribution in [2.45, 2.75) is 28.0 Å². The number of thioether (sulfide) groups is 1. The zero-order valence-corrected chi connectivity index (χ0v) is 22.9. The lowest BCUT2D eigenvalue weighted by Gasteiger charge is -2.15. The van der Waals surface area contributed by atoms with Gasteiger partial charge in [-0.3, -0.25) is 0 Å². The van der Waals surface area contributed by atoms with Crippen LogP contribution >= 0.6 is 23.5 Å². The van der Waals surface area contributed by atoms with Crippen molar-refractivity contribution in [3.05, 3.63) is 146 Å². The fourth-order valence-electron chi connectivity index (χ4n) is 4.19. The molecule has 0 amide bonds. The lowest BCUT2D eigenvalue weighted by atomic mass is 10.0. The maximum atomic E-state index is 14.8. The van der Waals surface area contributed by atoms with Gasteiger partial charge in [-0.05, 0) is 37.3 Å². The van der Waals surface area contributed by atoms with Gasteiger partial charge in [0.05, 0.1) is 11.1 Å². The average molecular weight is 573 g/mol. The van der Waals surface area contributed by atoms with Crippen LogP contribution in [0, 0.1) is 5.82 Å². The topological polar surface area (TPSA) is 60.4 Å². The second-order valence-electron chi connectivity index (χ2n) is 8.60. The molecule has 0 aliphatic heterocycles. The van der Waals surface area contributed by atoms with Crippen LogP contribution in [0.4, 0.5) is 8.78 Å². The molecule has 200 valence electrons. The van der Waals surface area contributed by atoms with Gasteiger partial charge < -0.3 is 8.83 Å². The summed E-state index contributed by atoms with van der Waals surface area (Å²) in [4.78, 5) is 28.2. The number of halogens is 2. The van der Waals surface area contributed by atoms with Gasteiger partial charge in [0.15, 0.2) is 0 Å². The molecule has 0 unspecified atom stereocenters. The van der Waals surface area contributed by atoms with E-state index >= 15 is 0 Å². The summed E-state index contributed by atoms with van der Waals surface area (Å²) in [6, 6.07) is 20.1. The van der Waals surface area contributed by atoms with Crippen molar-refractivity contribution in [2.75, 3.05) is 0 Å². The first-order valence-corrected chi connectivity index (χ1v) is 13.9. The highest BCUT2D eigenvalue weighted by Gasteiger charge is 2.23. The van der Waals surface area contributed by atoms with E-state index in [-0.39, 0.29) is 22.5 Å². The minimum atomic E-state index is -0.672. The van der Waals surface area contributed by atoms with E-state index in [4.69, 9.17) is 8.83 Å². The van der Waals surface area contributed by atoms with Gasteiger partial charge in [-0.15, -0.1) is 0 Å². The number of fused-ring (bicyclic) bond motifs is 2. The van der Waals surface area contributed by atoms with Crippen LogP contribution in [0.1, 0.15) is 18.1 Å². The molecule has 5 aromatic rings. The van der Waals surface area contributed by atoms with Crippen molar-refractivity contribution >= 4 is 45.5 Å². The molecule has 2 aromatic heterocycles. The fraction of sp³-hybridized carbons (Fsp3) is 0.0625. The normalized spacial score (nSPS) is 12.3. The molecule has 2 heterocycles. The maximum Gasteiger partial charge on any atom is 0.340 e. The van der Waals surface area contributed by atoms with Crippen molar-refractivity contribution in [1.29, 1.82) is 0 Å². The summed E-state index contributed by atoms with van der Waals surface area (Å²) in [5.41, 5.74) is -0.361. The Bertz CT molecular complexity index is 1940. The second-order valence-corrected chi connectivity index (χ2v) is 10.7. The van der Waals surface area contributed by atoms with Gasteiger partial charge in [-0.2, -0.15) is 0 Å². The van der Waals surface area contributed by atoms with Crippen LogP contribution in [0.3, 0.4) is 0 Å². The van der Waals surface area contributed by atoms with E-state index in [2.05, 4.69) is 6.58 Å². The van der Waals surface area contributed by atoms with E-state index in [0.29, 0.717) is 36.6 Å². The molecule has 0 aliphatic rings. The molecule has 4 nitrogen and oxygen atoms in total. The first-order chi connectivity index (χ1) is 19.4. The van der Waals surface area contributed by atoms with Gasteiger partial charge in [0.2, 0.25) is 0 Å². The monoisotopic (exact) mass is 572 g/mol. The molecule has 0 saturated heterocycles. The molecule has 3 aromatic carbocycles. The molecule has 0 radical (unpaired) electrons. The molecule has 0 bridgehead atoms. The van der Waals surface area contributed by atoms with Crippen LogP contribution in [0.5, 0.6) is 0 Å². The molecule has 0 spiro atoms. The Hall–Kier alpha value is -4.14. The zero-order valence-electron chi connectivity index (χ0n) is 21.3. The van der Waals surface area contributed by atoms with Gasteiger partial charge in [-0.25, -0.2) is 18.4 Å². The highest BCUT2D eigenvalue weighted by Crippen LogP contribution is 2.41. The minimum Gasteiger partial charge on any atom is -0.422 e. The summed E-state index contributed by atoms with van der Waals surface area (Å²) in [5, 5.41) is 1.17. The number of benzene rings is 3. The molecule has 8 heteroatoms. The van der Waals surface area contributed by atoms with Crippen molar-refractivity contribution in [3.8, 4) is 0 Å². The predicted octanol–water partition coefficient (Wildman–Crippen LogP) is 8.82. The van der Waals surface area contributed by atoms with Crippen LogP contribution < -0.4 is 11.3 Å². The molecular formula is C32H22F2O4S2. The summed E-state index contributed by atoms with van der Waals surface area (Å²) < 4.78 is 40.8. The zero-order chi connectivity index (χ0) is 28.2. The Morgan fingerprint density at radius 3 is 2.00 bits per heavy atom. The molecule has 0 fully saturated rings. The summed E-state index contributed by atoms with van der Waals surface area (Å²) in [5.74, 6) is -0.938. The fourth-order valence-corrected chi connectivity index (χ4v) is 6.44. The minimum absolute atomic E-state index is 0.153. The smallest absolute Gasteiger partial charge is 0.340 e. The van der Waals surface area contributed by atoms with Gasteiger partial charge in [0, 0.05) is 36.8 Å². The first kappa shape index (κ1) is 27.4. The molecule has 0 atom stereocenters. The van der Waals surface area contributed by atoms with Gasteiger partial charge in [-0.1, -0.05) is 90.8 Å². The van der Waals surface area contributed by atoms with E-state index in [1.807, 2.05) is 0 Å². The summed E-state index contributed by atoms with van der Waals surface area (Å²) in [6.07, 6.45) is 4.10. The third-order valence-corrected chi connectivity index (χ3v) is 8.52. The summed E-state index contributed by atoms with van der Waals surface area (Å²) >= 11 is 2.13. The molecule has 5 rings (SSSR count). The first-order valence-electron chi connectivity index (χ1n) is 12.3. The highest BCUT2D eigenvalue weighted by atomic mass is 32.2. The Kier molecular flexibility index (Phi) is 8.19. The maximum absolute atomic E-state index is 14.8. The molecule has 40 heavy (non-hydrogen) atoms.